The van der Waals surface area contributed by atoms with Crippen molar-refractivity contribution in [3.63, 3.8) is 0 Å². The zero-order valence-electron chi connectivity index (χ0n) is 13.7. The molecule has 0 saturated carbocycles. The van der Waals surface area contributed by atoms with Crippen molar-refractivity contribution in [1.82, 2.24) is 0 Å². The highest BCUT2D eigenvalue weighted by Crippen LogP contribution is 2.34. The van der Waals surface area contributed by atoms with Gasteiger partial charge in [-0.15, -0.1) is 0 Å². The normalized spacial score (nSPS) is 13.2. The number of fused-ring (bicyclic) bond motifs is 1. The van der Waals surface area contributed by atoms with Crippen LogP contribution in [0.5, 0.6) is 0 Å². The van der Waals surface area contributed by atoms with E-state index in [0.717, 1.165) is 16.0 Å². The van der Waals surface area contributed by atoms with E-state index in [9.17, 15) is 14.4 Å². The smallest absolute Gasteiger partial charge is 0.266 e. The van der Waals surface area contributed by atoms with Crippen LogP contribution in [0.15, 0.2) is 52.9 Å². The summed E-state index contributed by atoms with van der Waals surface area (Å²) in [7, 11) is 0. The second-order valence-electron chi connectivity index (χ2n) is 5.96. The SMILES string of the molecule is Cc1cc(-c2ccc(C=O)o2)ccc1N1C(=O)c2ccc(Cl)cc2C1=O. The topological polar surface area (TPSA) is 67.6 Å². The summed E-state index contributed by atoms with van der Waals surface area (Å²) in [5.74, 6) is -0.00167. The highest BCUT2D eigenvalue weighted by molar-refractivity contribution is 6.36. The van der Waals surface area contributed by atoms with Gasteiger partial charge in [0.1, 0.15) is 5.76 Å². The van der Waals surface area contributed by atoms with Crippen molar-refractivity contribution in [3.8, 4) is 11.3 Å². The summed E-state index contributed by atoms with van der Waals surface area (Å²) in [5, 5.41) is 0.405. The first-order valence-corrected chi connectivity index (χ1v) is 8.22. The molecule has 26 heavy (non-hydrogen) atoms. The third-order valence-corrected chi connectivity index (χ3v) is 4.55. The zero-order valence-corrected chi connectivity index (χ0v) is 14.4. The van der Waals surface area contributed by atoms with Crippen LogP contribution >= 0.6 is 11.6 Å². The van der Waals surface area contributed by atoms with E-state index in [1.165, 1.54) is 6.07 Å². The Bertz CT molecular complexity index is 1080. The molecule has 0 saturated heterocycles. The van der Waals surface area contributed by atoms with Crippen LogP contribution in [-0.2, 0) is 0 Å². The second-order valence-corrected chi connectivity index (χ2v) is 6.39. The number of hydrogen-bond donors (Lipinski definition) is 0. The summed E-state index contributed by atoms with van der Waals surface area (Å²) < 4.78 is 5.42. The van der Waals surface area contributed by atoms with Crippen molar-refractivity contribution in [1.29, 1.82) is 0 Å². The van der Waals surface area contributed by atoms with Crippen LogP contribution in [-0.4, -0.2) is 18.1 Å². The maximum Gasteiger partial charge on any atom is 0.266 e. The van der Waals surface area contributed by atoms with Gasteiger partial charge in [-0.2, -0.15) is 0 Å². The molecular weight excluding hydrogens is 354 g/mol. The number of nitrogens with zero attached hydrogens (tertiary/aromatic N) is 1. The summed E-state index contributed by atoms with van der Waals surface area (Å²) >= 11 is 5.95. The first-order valence-electron chi connectivity index (χ1n) is 7.84. The van der Waals surface area contributed by atoms with E-state index < -0.39 is 5.91 Å². The third-order valence-electron chi connectivity index (χ3n) is 4.31. The standard InChI is InChI=1S/C20H12ClNO4/c1-11-8-12(18-7-4-14(10-23)26-18)2-6-17(11)22-19(24)15-5-3-13(21)9-16(15)20(22)25/h2-10H,1H3. The second kappa shape index (κ2) is 5.97. The molecule has 0 N–H and O–H groups in total. The lowest BCUT2D eigenvalue weighted by Gasteiger charge is -2.17. The van der Waals surface area contributed by atoms with Gasteiger partial charge in [-0.3, -0.25) is 14.4 Å². The molecular formula is C20H12ClNO4. The molecule has 0 unspecified atom stereocenters. The number of hydrogen-bond acceptors (Lipinski definition) is 4. The molecule has 0 fully saturated rings. The van der Waals surface area contributed by atoms with Gasteiger partial charge in [-0.25, -0.2) is 4.90 Å². The molecule has 5 nitrogen and oxygen atoms in total. The fourth-order valence-corrected chi connectivity index (χ4v) is 3.23. The number of amides is 2. The number of aldehydes is 1. The number of aryl methyl sites for hydroxylation is 1. The highest BCUT2D eigenvalue weighted by Gasteiger charge is 2.37. The van der Waals surface area contributed by atoms with E-state index in [0.29, 0.717) is 33.9 Å². The van der Waals surface area contributed by atoms with Gasteiger partial charge < -0.3 is 4.42 Å². The van der Waals surface area contributed by atoms with E-state index in [2.05, 4.69) is 0 Å². The number of anilines is 1. The van der Waals surface area contributed by atoms with E-state index in [-0.39, 0.29) is 11.7 Å². The number of carbonyl (C=O) groups is 3. The van der Waals surface area contributed by atoms with Gasteiger partial charge in [-0.05, 0) is 61.0 Å². The van der Waals surface area contributed by atoms with Crippen molar-refractivity contribution < 1.29 is 18.8 Å². The quantitative estimate of drug-likeness (QED) is 0.505. The van der Waals surface area contributed by atoms with Crippen molar-refractivity contribution in [2.45, 2.75) is 6.92 Å². The number of rotatable bonds is 3. The predicted octanol–water partition coefficient (Wildman–Crippen LogP) is 4.52. The van der Waals surface area contributed by atoms with Crippen molar-refractivity contribution in [2.24, 2.45) is 0 Å². The largest absolute Gasteiger partial charge is 0.453 e. The molecule has 128 valence electrons. The van der Waals surface area contributed by atoms with Crippen LogP contribution in [0, 0.1) is 6.92 Å². The molecule has 2 aromatic carbocycles. The van der Waals surface area contributed by atoms with Gasteiger partial charge in [-0.1, -0.05) is 11.6 Å². The summed E-state index contributed by atoms with van der Waals surface area (Å²) in [5.41, 5.74) is 2.61. The summed E-state index contributed by atoms with van der Waals surface area (Å²) in [4.78, 5) is 37.3. The van der Waals surface area contributed by atoms with Crippen LogP contribution in [0.25, 0.3) is 11.3 Å². The Balaban J connectivity index is 1.74. The van der Waals surface area contributed by atoms with Gasteiger partial charge in [0.15, 0.2) is 12.0 Å². The van der Waals surface area contributed by atoms with Gasteiger partial charge >= 0.3 is 0 Å². The van der Waals surface area contributed by atoms with E-state index in [1.807, 2.05) is 0 Å². The minimum atomic E-state index is -0.399. The first-order chi connectivity index (χ1) is 12.5. The number of furan rings is 1. The lowest BCUT2D eigenvalue weighted by molar-refractivity contribution is 0.0925. The number of imide groups is 1. The zero-order chi connectivity index (χ0) is 18.4. The van der Waals surface area contributed by atoms with E-state index >= 15 is 0 Å². The average Bonchev–Trinajstić information content (AvgIpc) is 3.20. The molecule has 3 aromatic rings. The average molecular weight is 366 g/mol. The van der Waals surface area contributed by atoms with Gasteiger partial charge in [0.25, 0.3) is 11.8 Å². The van der Waals surface area contributed by atoms with Gasteiger partial charge in [0.05, 0.1) is 16.8 Å². The van der Waals surface area contributed by atoms with Crippen LogP contribution in [0.2, 0.25) is 5.02 Å². The Kier molecular flexibility index (Phi) is 3.74. The Hall–Kier alpha value is -3.18. The molecule has 0 atom stereocenters. The molecule has 1 aromatic heterocycles. The van der Waals surface area contributed by atoms with Gasteiger partial charge in [0, 0.05) is 10.6 Å². The molecule has 0 radical (unpaired) electrons. The van der Waals surface area contributed by atoms with Crippen LogP contribution < -0.4 is 4.90 Å². The first kappa shape index (κ1) is 16.3. The van der Waals surface area contributed by atoms with Crippen molar-refractivity contribution in [3.05, 3.63) is 76.0 Å². The maximum atomic E-state index is 12.7. The van der Waals surface area contributed by atoms with Crippen LogP contribution in [0.4, 0.5) is 5.69 Å². The minimum absolute atomic E-state index is 0.235. The van der Waals surface area contributed by atoms with E-state index in [4.69, 9.17) is 16.0 Å². The van der Waals surface area contributed by atoms with Crippen LogP contribution in [0.1, 0.15) is 36.8 Å². The number of halogens is 1. The van der Waals surface area contributed by atoms with Crippen LogP contribution in [0.3, 0.4) is 0 Å². The molecule has 6 heteroatoms. The van der Waals surface area contributed by atoms with E-state index in [1.54, 1.807) is 49.4 Å². The maximum absolute atomic E-state index is 12.7. The molecule has 2 heterocycles. The molecule has 2 amide bonds. The number of benzene rings is 2. The lowest BCUT2D eigenvalue weighted by Crippen LogP contribution is -2.30. The summed E-state index contributed by atoms with van der Waals surface area (Å²) in [6.07, 6.45) is 0.634. The Labute approximate surface area is 153 Å². The fourth-order valence-electron chi connectivity index (χ4n) is 3.06. The summed E-state index contributed by atoms with van der Waals surface area (Å²) in [6.45, 7) is 1.80. The monoisotopic (exact) mass is 365 g/mol. The molecule has 0 bridgehead atoms. The Morgan fingerprint density at radius 3 is 2.42 bits per heavy atom. The Morgan fingerprint density at radius 1 is 0.962 bits per heavy atom. The Morgan fingerprint density at radius 2 is 1.73 bits per heavy atom. The molecule has 1 aliphatic rings. The number of carbonyl (C=O) groups excluding carboxylic acids is 3. The van der Waals surface area contributed by atoms with Crippen molar-refractivity contribution >= 4 is 35.4 Å². The highest BCUT2D eigenvalue weighted by atomic mass is 35.5. The molecule has 0 spiro atoms. The molecule has 1 aliphatic heterocycles. The molecule has 4 rings (SSSR count). The van der Waals surface area contributed by atoms with Crippen molar-refractivity contribution in [2.75, 3.05) is 4.90 Å². The lowest BCUT2D eigenvalue weighted by atomic mass is 10.1. The third kappa shape index (κ3) is 2.45. The van der Waals surface area contributed by atoms with Gasteiger partial charge in [0.2, 0.25) is 0 Å². The predicted molar refractivity (Wildman–Crippen MR) is 96.9 cm³/mol. The summed E-state index contributed by atoms with van der Waals surface area (Å²) in [6, 6.07) is 13.2. The minimum Gasteiger partial charge on any atom is -0.453 e. The fraction of sp³-hybridized carbons (Fsp3) is 0.0500. The molecule has 0 aliphatic carbocycles.